The van der Waals surface area contributed by atoms with Gasteiger partial charge in [0.15, 0.2) is 0 Å². The van der Waals surface area contributed by atoms with Gasteiger partial charge in [-0.25, -0.2) is 9.59 Å². The topological polar surface area (TPSA) is 93.7 Å². The molecule has 1 atom stereocenters. The maximum atomic E-state index is 12.7. The summed E-state index contributed by atoms with van der Waals surface area (Å²) in [5.41, 5.74) is 1.13. The average molecular weight is 441 g/mol. The number of nitrogens with one attached hydrogen (secondary N) is 2. The van der Waals surface area contributed by atoms with E-state index in [0.29, 0.717) is 17.7 Å². The Morgan fingerprint density at radius 2 is 1.56 bits per heavy atom. The largest absolute Gasteiger partial charge is 0.459 e. The van der Waals surface area contributed by atoms with Crippen molar-refractivity contribution in [2.45, 2.75) is 59.3 Å². The van der Waals surface area contributed by atoms with E-state index in [1.807, 2.05) is 44.2 Å². The van der Waals surface area contributed by atoms with E-state index in [9.17, 15) is 14.4 Å². The smallest absolute Gasteiger partial charge is 0.412 e. The highest BCUT2D eigenvalue weighted by molar-refractivity contribution is 5.97. The molecule has 0 aromatic heterocycles. The van der Waals surface area contributed by atoms with E-state index in [-0.39, 0.29) is 12.5 Å². The molecular formula is C25H32N2O5. The molecule has 2 N–H and O–H groups in total. The van der Waals surface area contributed by atoms with E-state index in [1.165, 1.54) is 0 Å². The van der Waals surface area contributed by atoms with E-state index in [0.717, 1.165) is 5.56 Å². The number of anilines is 1. The van der Waals surface area contributed by atoms with Crippen molar-refractivity contribution in [3.8, 4) is 0 Å². The molecule has 0 saturated carbocycles. The van der Waals surface area contributed by atoms with Crippen molar-refractivity contribution in [2.75, 3.05) is 5.32 Å². The number of ether oxygens (including phenoxy) is 2. The molecule has 1 unspecified atom stereocenters. The normalized spacial score (nSPS) is 12.1. The fourth-order valence-corrected chi connectivity index (χ4v) is 2.88. The first-order chi connectivity index (χ1) is 15.0. The molecule has 0 heterocycles. The predicted molar refractivity (Wildman–Crippen MR) is 123 cm³/mol. The molecular weight excluding hydrogens is 408 g/mol. The number of rotatable bonds is 8. The third kappa shape index (κ3) is 8.79. The van der Waals surface area contributed by atoms with Crippen LogP contribution in [0.5, 0.6) is 0 Å². The fraction of sp³-hybridized carbons (Fsp3) is 0.400. The van der Waals surface area contributed by atoms with Gasteiger partial charge in [0.05, 0.1) is 0 Å². The van der Waals surface area contributed by atoms with Crippen LogP contribution in [-0.2, 0) is 20.9 Å². The van der Waals surface area contributed by atoms with E-state index >= 15 is 0 Å². The number of hydrogen-bond donors (Lipinski definition) is 2. The van der Waals surface area contributed by atoms with Crippen LogP contribution in [0.2, 0.25) is 0 Å². The van der Waals surface area contributed by atoms with E-state index in [4.69, 9.17) is 9.47 Å². The molecule has 0 aliphatic carbocycles. The van der Waals surface area contributed by atoms with Gasteiger partial charge in [-0.05, 0) is 62.9 Å². The molecule has 0 bridgehead atoms. The van der Waals surface area contributed by atoms with Gasteiger partial charge < -0.3 is 14.8 Å². The molecule has 0 spiro atoms. The third-order valence-electron chi connectivity index (χ3n) is 4.31. The second-order valence-corrected chi connectivity index (χ2v) is 8.95. The quantitative estimate of drug-likeness (QED) is 0.568. The van der Waals surface area contributed by atoms with Gasteiger partial charge in [0.25, 0.3) is 5.91 Å². The second kappa shape index (κ2) is 11.3. The lowest BCUT2D eigenvalue weighted by molar-refractivity contribution is -0.147. The van der Waals surface area contributed by atoms with Crippen molar-refractivity contribution in [1.29, 1.82) is 0 Å². The molecule has 0 saturated heterocycles. The molecule has 2 aromatic rings. The Morgan fingerprint density at radius 3 is 2.12 bits per heavy atom. The number of hydrogen-bond acceptors (Lipinski definition) is 5. The second-order valence-electron chi connectivity index (χ2n) is 8.95. The van der Waals surface area contributed by atoms with E-state index in [1.54, 1.807) is 45.0 Å². The van der Waals surface area contributed by atoms with Crippen molar-refractivity contribution in [2.24, 2.45) is 5.92 Å². The summed E-state index contributed by atoms with van der Waals surface area (Å²) in [6, 6.07) is 15.0. The van der Waals surface area contributed by atoms with Gasteiger partial charge in [0, 0.05) is 11.3 Å². The Kier molecular flexibility index (Phi) is 8.81. The predicted octanol–water partition coefficient (Wildman–Crippen LogP) is 4.92. The zero-order chi connectivity index (χ0) is 23.7. The maximum absolute atomic E-state index is 12.7. The number of esters is 1. The summed E-state index contributed by atoms with van der Waals surface area (Å²) in [6.07, 6.45) is -0.120. The monoisotopic (exact) mass is 440 g/mol. The summed E-state index contributed by atoms with van der Waals surface area (Å²) >= 11 is 0. The summed E-state index contributed by atoms with van der Waals surface area (Å²) in [6.45, 7) is 9.42. The van der Waals surface area contributed by atoms with Crippen molar-refractivity contribution >= 4 is 23.7 Å². The zero-order valence-corrected chi connectivity index (χ0v) is 19.3. The van der Waals surface area contributed by atoms with Crippen LogP contribution in [0.25, 0.3) is 0 Å². The van der Waals surface area contributed by atoms with Crippen LogP contribution in [0.4, 0.5) is 10.5 Å². The summed E-state index contributed by atoms with van der Waals surface area (Å²) in [5.74, 6) is -0.680. The highest BCUT2D eigenvalue weighted by Crippen LogP contribution is 2.14. The average Bonchev–Trinajstić information content (AvgIpc) is 2.71. The van der Waals surface area contributed by atoms with Crippen molar-refractivity contribution in [3.05, 3.63) is 65.7 Å². The third-order valence-corrected chi connectivity index (χ3v) is 4.31. The number of amides is 2. The highest BCUT2D eigenvalue weighted by atomic mass is 16.6. The first-order valence-electron chi connectivity index (χ1n) is 10.6. The zero-order valence-electron chi connectivity index (χ0n) is 19.3. The molecule has 2 amide bonds. The Bertz CT molecular complexity index is 902. The Hall–Kier alpha value is -3.35. The van der Waals surface area contributed by atoms with E-state index < -0.39 is 29.6 Å². The first-order valence-corrected chi connectivity index (χ1v) is 10.6. The van der Waals surface area contributed by atoms with Crippen molar-refractivity contribution in [3.63, 3.8) is 0 Å². The van der Waals surface area contributed by atoms with Crippen LogP contribution in [-0.4, -0.2) is 29.6 Å². The van der Waals surface area contributed by atoms with Crippen molar-refractivity contribution < 1.29 is 23.9 Å². The lowest BCUT2D eigenvalue weighted by atomic mass is 10.0. The Balaban J connectivity index is 1.98. The van der Waals surface area contributed by atoms with Gasteiger partial charge >= 0.3 is 12.1 Å². The number of benzene rings is 2. The van der Waals surface area contributed by atoms with Gasteiger partial charge in [-0.3, -0.25) is 10.1 Å². The number of carbonyl (C=O) groups is 3. The van der Waals surface area contributed by atoms with Gasteiger partial charge in [-0.15, -0.1) is 0 Å². The minimum atomic E-state index is -0.759. The molecule has 2 aromatic carbocycles. The standard InChI is InChI=1S/C25H32N2O5/c1-17(2)15-21(23(29)31-16-18-9-7-6-8-10-18)27-22(28)19-11-13-20(14-12-19)26-24(30)32-25(3,4)5/h6-14,17,21H,15-16H2,1-5H3,(H,26,30)(H,27,28). The lowest BCUT2D eigenvalue weighted by Gasteiger charge is -2.20. The summed E-state index contributed by atoms with van der Waals surface area (Å²) in [4.78, 5) is 37.2. The minimum absolute atomic E-state index is 0.148. The molecule has 2 rings (SSSR count). The first kappa shape index (κ1) is 24.9. The highest BCUT2D eigenvalue weighted by Gasteiger charge is 2.24. The SMILES string of the molecule is CC(C)CC(NC(=O)c1ccc(NC(=O)OC(C)(C)C)cc1)C(=O)OCc1ccccc1. The molecule has 7 nitrogen and oxygen atoms in total. The van der Waals surface area contributed by atoms with Gasteiger partial charge in [-0.1, -0.05) is 44.2 Å². The Labute approximate surface area is 189 Å². The van der Waals surface area contributed by atoms with Crippen molar-refractivity contribution in [1.82, 2.24) is 5.32 Å². The summed E-state index contributed by atoms with van der Waals surface area (Å²) in [5, 5.41) is 5.38. The Morgan fingerprint density at radius 1 is 0.938 bits per heavy atom. The maximum Gasteiger partial charge on any atom is 0.412 e. The van der Waals surface area contributed by atoms with Crippen LogP contribution < -0.4 is 10.6 Å². The van der Waals surface area contributed by atoms with E-state index in [2.05, 4.69) is 10.6 Å². The minimum Gasteiger partial charge on any atom is -0.459 e. The molecule has 32 heavy (non-hydrogen) atoms. The number of carbonyl (C=O) groups excluding carboxylic acids is 3. The molecule has 172 valence electrons. The molecule has 7 heteroatoms. The van der Waals surface area contributed by atoms with Gasteiger partial charge in [0.1, 0.15) is 18.2 Å². The van der Waals surface area contributed by atoms with Gasteiger partial charge in [0.2, 0.25) is 0 Å². The summed E-state index contributed by atoms with van der Waals surface area (Å²) in [7, 11) is 0. The van der Waals surface area contributed by atoms with Crippen LogP contribution >= 0.6 is 0 Å². The van der Waals surface area contributed by atoms with Gasteiger partial charge in [-0.2, -0.15) is 0 Å². The fourth-order valence-electron chi connectivity index (χ4n) is 2.88. The van der Waals surface area contributed by atoms with Crippen LogP contribution in [0.3, 0.4) is 0 Å². The summed E-state index contributed by atoms with van der Waals surface area (Å²) < 4.78 is 10.6. The molecule has 0 fully saturated rings. The molecule has 0 aliphatic heterocycles. The molecule has 0 aliphatic rings. The lowest BCUT2D eigenvalue weighted by Crippen LogP contribution is -2.42. The van der Waals surface area contributed by atoms with Crippen LogP contribution in [0.1, 0.15) is 57.0 Å². The van der Waals surface area contributed by atoms with Crippen LogP contribution in [0.15, 0.2) is 54.6 Å². The molecule has 0 radical (unpaired) electrons. The van der Waals surface area contributed by atoms with Crippen LogP contribution in [0, 0.1) is 5.92 Å².